The van der Waals surface area contributed by atoms with Crippen LogP contribution in [0.2, 0.25) is 0 Å². The van der Waals surface area contributed by atoms with Gasteiger partial charge >= 0.3 is 11.9 Å². The first-order valence-electron chi connectivity index (χ1n) is 22.3. The Kier molecular flexibility index (Phi) is 28.2. The molecular weight excluding hydrogens is 653 g/mol. The molecule has 0 rings (SSSR count). The van der Waals surface area contributed by atoms with E-state index in [-0.39, 0.29) is 12.8 Å². The molecule has 0 saturated heterocycles. The second-order valence-electron chi connectivity index (χ2n) is 14.8. The molecule has 9 nitrogen and oxygen atoms in total. The number of hydrogen-bond donors (Lipinski definition) is 0. The van der Waals surface area contributed by atoms with Gasteiger partial charge in [0.15, 0.2) is 6.10 Å². The van der Waals surface area contributed by atoms with Crippen LogP contribution in [-0.4, -0.2) is 69.9 Å². The van der Waals surface area contributed by atoms with Crippen molar-refractivity contribution in [2.45, 2.75) is 200 Å². The number of carbonyl (C=O) groups is 2. The van der Waals surface area contributed by atoms with E-state index in [9.17, 15) is 19.0 Å². The number of ether oxygens (including phenoxy) is 2. The quantitative estimate of drug-likeness (QED) is 0.0266. The topological polar surface area (TPSA) is 111 Å². The van der Waals surface area contributed by atoms with Gasteiger partial charge in [0.05, 0.1) is 33.2 Å². The lowest BCUT2D eigenvalue weighted by Gasteiger charge is -2.28. The van der Waals surface area contributed by atoms with E-state index in [0.29, 0.717) is 12.8 Å². The minimum atomic E-state index is -5.43. The van der Waals surface area contributed by atoms with E-state index in [0.717, 1.165) is 38.5 Å². The highest BCUT2D eigenvalue weighted by Crippen LogP contribution is 2.38. The summed E-state index contributed by atoms with van der Waals surface area (Å²) in [4.78, 5) is 37.8. The van der Waals surface area contributed by atoms with E-state index in [2.05, 4.69) is 18.4 Å². The minimum Gasteiger partial charge on any atom is -0.756 e. The SMILES string of the molecule is [2H]C([2H])(OP(=O)([O-])OC[C@@H](COC(=O)CCCCCCCCCCCCCCC)OC(=O)CCCCCCCCCCCCCCC)C([2H])([2H])[N+](C)(C)C. The van der Waals surface area contributed by atoms with Crippen LogP contribution in [0, 0.1) is 0 Å². The van der Waals surface area contributed by atoms with Crippen molar-refractivity contribution in [3.63, 3.8) is 0 Å². The average molecular weight is 738 g/mol. The third-order valence-corrected chi connectivity index (χ3v) is 9.43. The Morgan fingerprint density at radius 2 is 0.940 bits per heavy atom. The van der Waals surface area contributed by atoms with Gasteiger partial charge in [-0.1, -0.05) is 168 Å². The third kappa shape index (κ3) is 36.8. The van der Waals surface area contributed by atoms with Crippen molar-refractivity contribution < 1.29 is 47.5 Å². The van der Waals surface area contributed by atoms with Crippen LogP contribution in [-0.2, 0) is 32.7 Å². The second kappa shape index (κ2) is 33.8. The number of phosphoric acid groups is 1. The standard InChI is InChI=1S/C40H80NO8P/c1-6-8-10-12-14-16-18-20-22-24-26-28-30-32-39(42)46-36-38(37-48-50(44,45)47-35-34-41(3,4)5)49-40(43)33-31-29-27-25-23-21-19-17-15-13-11-9-7-2/h38H,6-37H2,1-5H3/t38-/m1/s1/i34D2,35D2. The predicted molar refractivity (Wildman–Crippen MR) is 204 cm³/mol. The molecule has 0 aliphatic heterocycles. The maximum Gasteiger partial charge on any atom is 0.306 e. The van der Waals surface area contributed by atoms with Crippen LogP contribution in [0.3, 0.4) is 0 Å². The van der Waals surface area contributed by atoms with Crippen molar-refractivity contribution in [1.29, 1.82) is 0 Å². The van der Waals surface area contributed by atoms with Gasteiger partial charge < -0.3 is 27.9 Å². The molecule has 0 heterocycles. The summed E-state index contributed by atoms with van der Waals surface area (Å²) in [6.45, 7) is -2.79. The lowest BCUT2D eigenvalue weighted by Crippen LogP contribution is -2.37. The number of carbonyl (C=O) groups excluding carboxylic acids is 2. The molecule has 0 aliphatic carbocycles. The predicted octanol–water partition coefficient (Wildman–Crippen LogP) is 10.6. The molecule has 0 aliphatic rings. The maximum absolute atomic E-state index is 12.7. The lowest BCUT2D eigenvalue weighted by atomic mass is 10.0. The molecule has 50 heavy (non-hydrogen) atoms. The van der Waals surface area contributed by atoms with Crippen molar-refractivity contribution in [2.24, 2.45) is 0 Å². The molecule has 0 saturated carbocycles. The van der Waals surface area contributed by atoms with Gasteiger partial charge in [-0.3, -0.25) is 14.2 Å². The molecule has 0 bridgehead atoms. The fourth-order valence-electron chi connectivity index (χ4n) is 5.61. The molecule has 0 amide bonds. The van der Waals surface area contributed by atoms with Crippen LogP contribution in [0.4, 0.5) is 0 Å². The van der Waals surface area contributed by atoms with Crippen molar-refractivity contribution in [3.05, 3.63) is 0 Å². The highest BCUT2D eigenvalue weighted by molar-refractivity contribution is 7.45. The van der Waals surface area contributed by atoms with E-state index in [1.807, 2.05) is 0 Å². The van der Waals surface area contributed by atoms with Crippen LogP contribution in [0.5, 0.6) is 0 Å². The Morgan fingerprint density at radius 3 is 1.32 bits per heavy atom. The van der Waals surface area contributed by atoms with Crippen LogP contribution in [0.15, 0.2) is 0 Å². The van der Waals surface area contributed by atoms with E-state index < -0.39 is 56.6 Å². The number of phosphoric ester groups is 1. The molecule has 0 fully saturated rings. The fraction of sp³-hybridized carbons (Fsp3) is 0.950. The molecule has 0 aromatic carbocycles. The number of hydrogen-bond acceptors (Lipinski definition) is 8. The molecule has 2 atom stereocenters. The number of quaternary nitrogens is 1. The van der Waals surface area contributed by atoms with Gasteiger partial charge in [0.2, 0.25) is 0 Å². The normalized spacial score (nSPS) is 15.4. The van der Waals surface area contributed by atoms with Gasteiger partial charge in [0.1, 0.15) is 19.7 Å². The largest absolute Gasteiger partial charge is 0.756 e. The van der Waals surface area contributed by atoms with Gasteiger partial charge in [0, 0.05) is 12.8 Å². The second-order valence-corrected chi connectivity index (χ2v) is 16.2. The molecule has 0 spiro atoms. The van der Waals surface area contributed by atoms with Crippen molar-refractivity contribution in [2.75, 3.05) is 47.4 Å². The van der Waals surface area contributed by atoms with Crippen LogP contribution >= 0.6 is 7.82 Å². The number of likely N-dealkylation sites (N-methyl/N-ethyl adjacent to an activating group) is 1. The smallest absolute Gasteiger partial charge is 0.306 e. The zero-order valence-electron chi connectivity index (χ0n) is 37.0. The summed E-state index contributed by atoms with van der Waals surface area (Å²) >= 11 is 0. The highest BCUT2D eigenvalue weighted by Gasteiger charge is 2.21. The molecule has 10 heteroatoms. The van der Waals surface area contributed by atoms with Crippen LogP contribution < -0.4 is 4.89 Å². The Bertz CT molecular complexity index is 999. The Balaban J connectivity index is 4.74. The number of nitrogens with zero attached hydrogens (tertiary/aromatic N) is 1. The summed E-state index contributed by atoms with van der Waals surface area (Å²) < 4.78 is 64.4. The summed E-state index contributed by atoms with van der Waals surface area (Å²) in [5, 5.41) is 0. The Labute approximate surface area is 314 Å². The zero-order valence-corrected chi connectivity index (χ0v) is 33.8. The summed E-state index contributed by atoms with van der Waals surface area (Å²) in [6.07, 6.45) is 29.5. The molecule has 0 aromatic rings. The van der Waals surface area contributed by atoms with Gasteiger partial charge in [0.25, 0.3) is 7.82 Å². The minimum absolute atomic E-state index is 0.110. The van der Waals surface area contributed by atoms with E-state index in [1.54, 1.807) is 0 Å². The molecule has 298 valence electrons. The average Bonchev–Trinajstić information content (AvgIpc) is 3.09. The fourth-order valence-corrected chi connectivity index (χ4v) is 6.16. The number of rotatable bonds is 38. The first-order valence-corrected chi connectivity index (χ1v) is 21.8. The molecular formula is C40H80NO8P. The number of esters is 2. The zero-order chi connectivity index (χ0) is 40.8. The van der Waals surface area contributed by atoms with Crippen molar-refractivity contribution >= 4 is 19.8 Å². The van der Waals surface area contributed by atoms with E-state index in [4.69, 9.17) is 19.5 Å². The Hall–Kier alpha value is -0.990. The lowest BCUT2D eigenvalue weighted by molar-refractivity contribution is -0.870. The number of unbranched alkanes of at least 4 members (excludes halogenated alkanes) is 24. The van der Waals surface area contributed by atoms with E-state index in [1.165, 1.54) is 137 Å². The molecule has 0 N–H and O–H groups in total. The van der Waals surface area contributed by atoms with Crippen LogP contribution in [0.1, 0.15) is 199 Å². The summed E-state index contributed by atoms with van der Waals surface area (Å²) in [7, 11) is -1.35. The van der Waals surface area contributed by atoms with E-state index >= 15 is 0 Å². The van der Waals surface area contributed by atoms with Gasteiger partial charge in [-0.15, -0.1) is 0 Å². The maximum atomic E-state index is 12.7. The summed E-state index contributed by atoms with van der Waals surface area (Å²) in [6, 6.07) is 0. The van der Waals surface area contributed by atoms with Crippen LogP contribution in [0.25, 0.3) is 0 Å². The monoisotopic (exact) mass is 738 g/mol. The molecule has 1 unspecified atom stereocenters. The van der Waals surface area contributed by atoms with Crippen molar-refractivity contribution in [3.8, 4) is 0 Å². The molecule has 0 radical (unpaired) electrons. The van der Waals surface area contributed by atoms with Gasteiger partial charge in [-0.25, -0.2) is 0 Å². The first kappa shape index (κ1) is 41.8. The Morgan fingerprint density at radius 1 is 0.580 bits per heavy atom. The van der Waals surface area contributed by atoms with Gasteiger partial charge in [-0.05, 0) is 12.8 Å². The molecule has 0 aromatic heterocycles. The third-order valence-electron chi connectivity index (χ3n) is 8.65. The van der Waals surface area contributed by atoms with Gasteiger partial charge in [-0.2, -0.15) is 0 Å². The summed E-state index contributed by atoms with van der Waals surface area (Å²) in [5.41, 5.74) is 0. The highest BCUT2D eigenvalue weighted by atomic mass is 31.2. The summed E-state index contributed by atoms with van der Waals surface area (Å²) in [5.74, 6) is -1.08. The first-order chi connectivity index (χ1) is 25.5. The van der Waals surface area contributed by atoms with Crippen molar-refractivity contribution in [1.82, 2.24) is 0 Å².